The van der Waals surface area contributed by atoms with Crippen molar-refractivity contribution >= 4 is 23.7 Å². The van der Waals surface area contributed by atoms with Gasteiger partial charge in [0.2, 0.25) is 0 Å². The summed E-state index contributed by atoms with van der Waals surface area (Å²) in [6.45, 7) is 5.34. The molecule has 1 aromatic rings. The molecule has 0 bridgehead atoms. The quantitative estimate of drug-likeness (QED) is 0.646. The average Bonchev–Trinajstić information content (AvgIpc) is 2.52. The Morgan fingerprint density at radius 2 is 1.84 bits per heavy atom. The van der Waals surface area contributed by atoms with Crippen LogP contribution in [0.2, 0.25) is 0 Å². The van der Waals surface area contributed by atoms with E-state index in [-0.39, 0.29) is 6.42 Å². The highest BCUT2D eigenvalue weighted by Gasteiger charge is 2.29. The molecule has 0 amide bonds. The van der Waals surface area contributed by atoms with Crippen molar-refractivity contribution < 1.29 is 24.2 Å². The van der Waals surface area contributed by atoms with E-state index in [1.54, 1.807) is 39.6 Å². The summed E-state index contributed by atoms with van der Waals surface area (Å²) >= 11 is 1.55. The van der Waals surface area contributed by atoms with Gasteiger partial charge in [-0.3, -0.25) is 9.59 Å². The minimum atomic E-state index is -1.12. The number of ether oxygens (including phenoxy) is 2. The Hall–Kier alpha value is -1.73. The Bertz CT molecular complexity index is 568. The summed E-state index contributed by atoms with van der Waals surface area (Å²) in [5, 5.41) is 9.00. The molecule has 0 saturated carbocycles. The van der Waals surface area contributed by atoms with E-state index < -0.39 is 29.5 Å². The van der Waals surface area contributed by atoms with Crippen LogP contribution < -0.4 is 10.5 Å². The van der Waals surface area contributed by atoms with Crippen LogP contribution in [0.1, 0.15) is 32.8 Å². The maximum Gasteiger partial charge on any atom is 0.320 e. The standard InChI is InChI=1S/C18H27NO5S/c1-18(2,3)24-17(22)13(9-15(19)16(20)21)11-25-10-12-5-7-14(23-4)8-6-12/h5-8,13,15H,9-11,19H2,1-4H3,(H,20,21)/t13?,15-/m1/s1. The van der Waals surface area contributed by atoms with Crippen LogP contribution in [0.4, 0.5) is 0 Å². The van der Waals surface area contributed by atoms with Crippen molar-refractivity contribution in [3.05, 3.63) is 29.8 Å². The van der Waals surface area contributed by atoms with Gasteiger partial charge in [-0.1, -0.05) is 12.1 Å². The van der Waals surface area contributed by atoms with E-state index >= 15 is 0 Å². The highest BCUT2D eigenvalue weighted by atomic mass is 32.2. The lowest BCUT2D eigenvalue weighted by atomic mass is 10.0. The largest absolute Gasteiger partial charge is 0.497 e. The number of carbonyl (C=O) groups excluding carboxylic acids is 1. The van der Waals surface area contributed by atoms with Crippen LogP contribution >= 0.6 is 11.8 Å². The molecule has 0 aliphatic carbocycles. The lowest BCUT2D eigenvalue weighted by Gasteiger charge is -2.24. The van der Waals surface area contributed by atoms with Crippen LogP contribution in [-0.2, 0) is 20.1 Å². The fourth-order valence-corrected chi connectivity index (χ4v) is 3.17. The van der Waals surface area contributed by atoms with Gasteiger partial charge in [0, 0.05) is 11.5 Å². The van der Waals surface area contributed by atoms with Crippen molar-refractivity contribution in [1.82, 2.24) is 0 Å². The zero-order valence-electron chi connectivity index (χ0n) is 15.2. The molecule has 1 unspecified atom stereocenters. The van der Waals surface area contributed by atoms with Crippen LogP contribution in [0.5, 0.6) is 5.75 Å². The molecule has 0 saturated heterocycles. The third-order valence-electron chi connectivity index (χ3n) is 3.34. The number of esters is 1. The second-order valence-corrected chi connectivity index (χ2v) is 7.80. The minimum Gasteiger partial charge on any atom is -0.497 e. The van der Waals surface area contributed by atoms with Crippen molar-refractivity contribution in [2.75, 3.05) is 12.9 Å². The van der Waals surface area contributed by atoms with Crippen molar-refractivity contribution in [3.63, 3.8) is 0 Å². The third-order valence-corrected chi connectivity index (χ3v) is 4.52. The van der Waals surface area contributed by atoms with Gasteiger partial charge in [-0.05, 0) is 44.9 Å². The Morgan fingerprint density at radius 3 is 2.32 bits per heavy atom. The number of benzene rings is 1. The molecule has 7 heteroatoms. The van der Waals surface area contributed by atoms with Gasteiger partial charge in [0.05, 0.1) is 13.0 Å². The maximum absolute atomic E-state index is 12.3. The Kier molecular flexibility index (Phi) is 8.25. The van der Waals surface area contributed by atoms with Crippen LogP contribution in [0.3, 0.4) is 0 Å². The van der Waals surface area contributed by atoms with Gasteiger partial charge in [0.15, 0.2) is 0 Å². The molecule has 0 aliphatic heterocycles. The van der Waals surface area contributed by atoms with Crippen LogP contribution in [0, 0.1) is 5.92 Å². The monoisotopic (exact) mass is 369 g/mol. The number of nitrogens with two attached hydrogens (primary N) is 1. The van der Waals surface area contributed by atoms with Crippen molar-refractivity contribution in [2.24, 2.45) is 11.7 Å². The van der Waals surface area contributed by atoms with Crippen molar-refractivity contribution in [3.8, 4) is 5.75 Å². The van der Waals surface area contributed by atoms with E-state index in [1.807, 2.05) is 24.3 Å². The number of hydrogen-bond acceptors (Lipinski definition) is 6. The van der Waals surface area contributed by atoms with E-state index in [4.69, 9.17) is 20.3 Å². The SMILES string of the molecule is COc1ccc(CSCC(C[C@@H](N)C(=O)O)C(=O)OC(C)(C)C)cc1. The summed E-state index contributed by atoms with van der Waals surface area (Å²) in [7, 11) is 1.61. The molecule has 140 valence electrons. The van der Waals surface area contributed by atoms with Gasteiger partial charge >= 0.3 is 11.9 Å². The zero-order chi connectivity index (χ0) is 19.0. The lowest BCUT2D eigenvalue weighted by molar-refractivity contribution is -0.159. The van der Waals surface area contributed by atoms with Gasteiger partial charge in [-0.2, -0.15) is 11.8 Å². The smallest absolute Gasteiger partial charge is 0.320 e. The van der Waals surface area contributed by atoms with Gasteiger partial charge < -0.3 is 20.3 Å². The molecular weight excluding hydrogens is 342 g/mol. The minimum absolute atomic E-state index is 0.0554. The van der Waals surface area contributed by atoms with E-state index in [0.717, 1.165) is 11.3 Å². The van der Waals surface area contributed by atoms with E-state index in [2.05, 4.69) is 0 Å². The maximum atomic E-state index is 12.3. The van der Waals surface area contributed by atoms with Crippen LogP contribution in [-0.4, -0.2) is 41.6 Å². The van der Waals surface area contributed by atoms with E-state index in [0.29, 0.717) is 11.5 Å². The Morgan fingerprint density at radius 1 is 1.24 bits per heavy atom. The molecule has 0 aliphatic rings. The second-order valence-electron chi connectivity index (χ2n) is 6.77. The average molecular weight is 369 g/mol. The predicted octanol–water partition coefficient (Wildman–Crippen LogP) is 2.69. The fraction of sp³-hybridized carbons (Fsp3) is 0.556. The van der Waals surface area contributed by atoms with Gasteiger partial charge in [-0.15, -0.1) is 0 Å². The number of rotatable bonds is 9. The van der Waals surface area contributed by atoms with E-state index in [9.17, 15) is 9.59 Å². The molecule has 2 atom stereocenters. The van der Waals surface area contributed by atoms with Crippen molar-refractivity contribution in [2.45, 2.75) is 44.6 Å². The molecule has 6 nitrogen and oxygen atoms in total. The summed E-state index contributed by atoms with van der Waals surface area (Å²) in [4.78, 5) is 23.3. The molecule has 0 radical (unpaired) electrons. The Balaban J connectivity index is 2.64. The first-order valence-electron chi connectivity index (χ1n) is 8.04. The predicted molar refractivity (Wildman–Crippen MR) is 98.7 cm³/mol. The molecule has 1 rings (SSSR count). The van der Waals surface area contributed by atoms with E-state index in [1.165, 1.54) is 0 Å². The number of carbonyl (C=O) groups is 2. The summed E-state index contributed by atoms with van der Waals surface area (Å²) in [6, 6.07) is 6.58. The molecule has 0 spiro atoms. The zero-order valence-corrected chi connectivity index (χ0v) is 16.0. The molecule has 1 aromatic carbocycles. The molecule has 3 N–H and O–H groups in total. The highest BCUT2D eigenvalue weighted by Crippen LogP contribution is 2.23. The molecule has 0 aromatic heterocycles. The summed E-state index contributed by atoms with van der Waals surface area (Å²) in [5.41, 5.74) is 6.08. The Labute approximate surface area is 153 Å². The topological polar surface area (TPSA) is 98.9 Å². The number of methoxy groups -OCH3 is 1. The second kappa shape index (κ2) is 9.68. The molecule has 0 fully saturated rings. The summed E-state index contributed by atoms with van der Waals surface area (Å²) in [6.07, 6.45) is 0.0554. The van der Waals surface area contributed by atoms with Gasteiger partial charge in [-0.25, -0.2) is 0 Å². The van der Waals surface area contributed by atoms with Crippen LogP contribution in [0.15, 0.2) is 24.3 Å². The first-order chi connectivity index (χ1) is 11.6. The number of carboxylic acid groups (broad SMARTS) is 1. The lowest BCUT2D eigenvalue weighted by Crippen LogP contribution is -2.37. The van der Waals surface area contributed by atoms with Crippen molar-refractivity contribution in [1.29, 1.82) is 0 Å². The first-order valence-corrected chi connectivity index (χ1v) is 9.19. The number of aliphatic carboxylic acids is 1. The van der Waals surface area contributed by atoms with Gasteiger partial charge in [0.1, 0.15) is 17.4 Å². The van der Waals surface area contributed by atoms with Gasteiger partial charge in [0.25, 0.3) is 0 Å². The molecule has 0 heterocycles. The van der Waals surface area contributed by atoms with Crippen LogP contribution in [0.25, 0.3) is 0 Å². The fourth-order valence-electron chi connectivity index (χ4n) is 2.07. The highest BCUT2D eigenvalue weighted by molar-refractivity contribution is 7.98. The molecule has 25 heavy (non-hydrogen) atoms. The normalized spacial score (nSPS) is 13.8. The number of thioether (sulfide) groups is 1. The number of hydrogen-bond donors (Lipinski definition) is 2. The summed E-state index contributed by atoms with van der Waals surface area (Å²) < 4.78 is 10.5. The molecular formula is C18H27NO5S. The third kappa shape index (κ3) is 8.27. The summed E-state index contributed by atoms with van der Waals surface area (Å²) in [5.74, 6) is -0.158. The number of carboxylic acids is 1. The first kappa shape index (κ1) is 21.3.